The Morgan fingerprint density at radius 1 is 0.970 bits per heavy atom. The summed E-state index contributed by atoms with van der Waals surface area (Å²) in [5.41, 5.74) is 3.18. The fourth-order valence-electron chi connectivity index (χ4n) is 4.16. The molecule has 0 bridgehead atoms. The first kappa shape index (κ1) is 22.4. The molecule has 0 radical (unpaired) electrons. The molecule has 0 saturated carbocycles. The maximum absolute atomic E-state index is 13.1. The summed E-state index contributed by atoms with van der Waals surface area (Å²) in [4.78, 5) is 25.2. The van der Waals surface area contributed by atoms with Crippen molar-refractivity contribution in [3.05, 3.63) is 94.5 Å². The van der Waals surface area contributed by atoms with Crippen LogP contribution in [0.15, 0.2) is 66.7 Å². The molecule has 0 fully saturated rings. The third-order valence-electron chi connectivity index (χ3n) is 6.06. The number of methoxy groups -OCH3 is 1. The summed E-state index contributed by atoms with van der Waals surface area (Å²) in [6.07, 6.45) is 1.21. The van der Waals surface area contributed by atoms with Gasteiger partial charge in [-0.15, -0.1) is 0 Å². The van der Waals surface area contributed by atoms with E-state index < -0.39 is 17.4 Å². The zero-order valence-electron chi connectivity index (χ0n) is 18.8. The third-order valence-corrected chi connectivity index (χ3v) is 6.06. The maximum Gasteiger partial charge on any atom is 0.330 e. The van der Waals surface area contributed by atoms with Gasteiger partial charge in [0.25, 0.3) is 5.91 Å². The summed E-state index contributed by atoms with van der Waals surface area (Å²) in [7, 11) is 1.54. The molecule has 4 rings (SSSR count). The fourth-order valence-corrected chi connectivity index (χ4v) is 4.16. The Bertz CT molecular complexity index is 1140. The molecule has 0 spiro atoms. The second-order valence-corrected chi connectivity index (χ2v) is 8.41. The number of fused-ring (bicyclic) bond motifs is 1. The zero-order valence-corrected chi connectivity index (χ0v) is 18.8. The number of carbonyl (C=O) groups is 2. The van der Waals surface area contributed by atoms with Gasteiger partial charge in [-0.1, -0.05) is 54.1 Å². The first-order valence-corrected chi connectivity index (χ1v) is 10.9. The Morgan fingerprint density at radius 2 is 1.64 bits per heavy atom. The number of aryl methyl sites for hydroxylation is 1. The minimum absolute atomic E-state index is 0.250. The Hall–Kier alpha value is -3.80. The number of carboxylic acid groups (broad SMARTS) is 1. The second kappa shape index (κ2) is 9.36. The van der Waals surface area contributed by atoms with Gasteiger partial charge in [-0.2, -0.15) is 0 Å². The molecule has 0 unspecified atom stereocenters. The lowest BCUT2D eigenvalue weighted by atomic mass is 9.95. The van der Waals surface area contributed by atoms with Crippen molar-refractivity contribution >= 4 is 11.9 Å². The molecule has 0 aliphatic heterocycles. The molecule has 1 aliphatic carbocycles. The van der Waals surface area contributed by atoms with Crippen molar-refractivity contribution in [3.8, 4) is 11.5 Å². The maximum atomic E-state index is 13.1. The highest BCUT2D eigenvalue weighted by Gasteiger charge is 2.45. The Labute approximate surface area is 193 Å². The van der Waals surface area contributed by atoms with E-state index in [2.05, 4.69) is 29.6 Å². The summed E-state index contributed by atoms with van der Waals surface area (Å²) < 4.78 is 11.3. The molecule has 1 aliphatic rings. The molecule has 0 saturated heterocycles. The van der Waals surface area contributed by atoms with Crippen LogP contribution >= 0.6 is 0 Å². The lowest BCUT2D eigenvalue weighted by molar-refractivity contribution is -0.144. The van der Waals surface area contributed by atoms with Crippen LogP contribution in [0.2, 0.25) is 0 Å². The molecular formula is C27H27NO5. The van der Waals surface area contributed by atoms with Crippen molar-refractivity contribution in [2.45, 2.75) is 31.7 Å². The van der Waals surface area contributed by atoms with Crippen LogP contribution in [0, 0.1) is 6.92 Å². The van der Waals surface area contributed by atoms with Crippen molar-refractivity contribution in [1.29, 1.82) is 0 Å². The van der Waals surface area contributed by atoms with Crippen LogP contribution in [-0.2, 0) is 24.1 Å². The number of hydrogen-bond acceptors (Lipinski definition) is 4. The molecule has 0 atom stereocenters. The third kappa shape index (κ3) is 4.85. The predicted octanol–water partition coefficient (Wildman–Crippen LogP) is 3.98. The summed E-state index contributed by atoms with van der Waals surface area (Å²) >= 11 is 0. The molecule has 0 heterocycles. The largest absolute Gasteiger partial charge is 0.493 e. The molecule has 0 aromatic heterocycles. The van der Waals surface area contributed by atoms with Gasteiger partial charge in [0.1, 0.15) is 5.54 Å². The van der Waals surface area contributed by atoms with Crippen LogP contribution in [0.5, 0.6) is 11.5 Å². The van der Waals surface area contributed by atoms with E-state index in [-0.39, 0.29) is 12.8 Å². The van der Waals surface area contributed by atoms with Crippen LogP contribution in [0.4, 0.5) is 0 Å². The fraction of sp³-hybridized carbons (Fsp3) is 0.259. The number of benzene rings is 3. The molecule has 3 aromatic carbocycles. The van der Waals surface area contributed by atoms with Crippen molar-refractivity contribution < 1.29 is 24.2 Å². The lowest BCUT2D eigenvalue weighted by Gasteiger charge is -2.25. The molecule has 6 heteroatoms. The van der Waals surface area contributed by atoms with Crippen molar-refractivity contribution in [2.75, 3.05) is 13.7 Å². The molecule has 6 nitrogen and oxygen atoms in total. The molecule has 1 amide bonds. The number of rotatable bonds is 8. The van der Waals surface area contributed by atoms with E-state index in [0.717, 1.165) is 16.7 Å². The van der Waals surface area contributed by atoms with Gasteiger partial charge >= 0.3 is 5.97 Å². The Morgan fingerprint density at radius 3 is 2.24 bits per heavy atom. The van der Waals surface area contributed by atoms with Gasteiger partial charge in [0, 0.05) is 24.8 Å². The molecule has 3 aromatic rings. The van der Waals surface area contributed by atoms with Gasteiger partial charge < -0.3 is 19.9 Å². The lowest BCUT2D eigenvalue weighted by Crippen LogP contribution is -2.55. The van der Waals surface area contributed by atoms with Gasteiger partial charge in [-0.3, -0.25) is 4.79 Å². The average Bonchev–Trinajstić information content (AvgIpc) is 3.20. The Balaban J connectivity index is 1.48. The van der Waals surface area contributed by atoms with E-state index in [9.17, 15) is 14.7 Å². The molecule has 170 valence electrons. The van der Waals surface area contributed by atoms with E-state index in [1.54, 1.807) is 18.2 Å². The Kier molecular flexibility index (Phi) is 6.36. The van der Waals surface area contributed by atoms with Gasteiger partial charge in [0.15, 0.2) is 11.5 Å². The van der Waals surface area contributed by atoms with Crippen molar-refractivity contribution in [3.63, 3.8) is 0 Å². The number of nitrogens with one attached hydrogen (secondary N) is 1. The highest BCUT2D eigenvalue weighted by molar-refractivity contribution is 5.99. The second-order valence-electron chi connectivity index (χ2n) is 8.41. The van der Waals surface area contributed by atoms with E-state index in [1.165, 1.54) is 12.7 Å². The normalized spacial score (nSPS) is 13.8. The standard InChI is InChI=1S/C27H27NO5/c1-18-7-9-19(10-8-18)13-14-33-24-15-20(11-12-23(24)32-2)25(29)28-27(26(30)31)16-21-5-3-4-6-22(21)17-27/h3-12,15H,13-14,16-17H2,1-2H3,(H,28,29)(H,30,31). The highest BCUT2D eigenvalue weighted by atomic mass is 16.5. The number of amides is 1. The van der Waals surface area contributed by atoms with E-state index >= 15 is 0 Å². The first-order valence-electron chi connectivity index (χ1n) is 10.9. The number of carboxylic acids is 1. The number of carbonyl (C=O) groups excluding carboxylic acids is 1. The van der Waals surface area contributed by atoms with Crippen molar-refractivity contribution in [1.82, 2.24) is 5.32 Å². The summed E-state index contributed by atoms with van der Waals surface area (Å²) in [6.45, 7) is 2.46. The van der Waals surface area contributed by atoms with Crippen molar-refractivity contribution in [2.24, 2.45) is 0 Å². The average molecular weight is 446 g/mol. The minimum Gasteiger partial charge on any atom is -0.493 e. The molecular weight excluding hydrogens is 418 g/mol. The minimum atomic E-state index is -1.37. The monoisotopic (exact) mass is 445 g/mol. The number of aliphatic carboxylic acids is 1. The van der Waals surface area contributed by atoms with E-state index in [1.807, 2.05) is 31.2 Å². The van der Waals surface area contributed by atoms with Crippen LogP contribution < -0.4 is 14.8 Å². The SMILES string of the molecule is COc1ccc(C(=O)NC2(C(=O)O)Cc3ccccc3C2)cc1OCCc1ccc(C)cc1. The predicted molar refractivity (Wildman–Crippen MR) is 125 cm³/mol. The zero-order chi connectivity index (χ0) is 23.4. The number of hydrogen-bond donors (Lipinski definition) is 2. The van der Waals surface area contributed by atoms with Gasteiger partial charge in [-0.05, 0) is 41.8 Å². The summed E-state index contributed by atoms with van der Waals surface area (Å²) in [5.74, 6) is -0.556. The number of ether oxygens (including phenoxy) is 2. The quantitative estimate of drug-likeness (QED) is 0.548. The smallest absolute Gasteiger partial charge is 0.330 e. The molecule has 33 heavy (non-hydrogen) atoms. The molecule has 2 N–H and O–H groups in total. The van der Waals surface area contributed by atoms with E-state index in [0.29, 0.717) is 30.1 Å². The summed E-state index contributed by atoms with van der Waals surface area (Å²) in [6, 6.07) is 20.7. The highest BCUT2D eigenvalue weighted by Crippen LogP contribution is 2.32. The van der Waals surface area contributed by atoms with E-state index in [4.69, 9.17) is 9.47 Å². The topological polar surface area (TPSA) is 84.9 Å². The van der Waals surface area contributed by atoms with Crippen LogP contribution in [0.25, 0.3) is 0 Å². The van der Waals surface area contributed by atoms with Gasteiger partial charge in [0.2, 0.25) is 0 Å². The van der Waals surface area contributed by atoms with Crippen LogP contribution in [0.3, 0.4) is 0 Å². The van der Waals surface area contributed by atoms with Crippen LogP contribution in [-0.4, -0.2) is 36.2 Å². The summed E-state index contributed by atoms with van der Waals surface area (Å²) in [5, 5.41) is 12.7. The van der Waals surface area contributed by atoms with Gasteiger partial charge in [0.05, 0.1) is 13.7 Å². The van der Waals surface area contributed by atoms with Crippen LogP contribution in [0.1, 0.15) is 32.6 Å². The van der Waals surface area contributed by atoms with Gasteiger partial charge in [-0.25, -0.2) is 4.79 Å². The first-order chi connectivity index (χ1) is 15.9.